The van der Waals surface area contributed by atoms with Gasteiger partial charge in [-0.1, -0.05) is 37.6 Å². The number of hydrazone groups is 1. The second-order valence-corrected chi connectivity index (χ2v) is 5.86. The van der Waals surface area contributed by atoms with Crippen molar-refractivity contribution in [2.45, 2.75) is 20.8 Å². The van der Waals surface area contributed by atoms with Gasteiger partial charge in [0.15, 0.2) is 5.92 Å². The van der Waals surface area contributed by atoms with E-state index in [0.717, 1.165) is 0 Å². The molecule has 2 amide bonds. The number of amides is 2. The molecule has 21 heavy (non-hydrogen) atoms. The predicted octanol–water partition coefficient (Wildman–Crippen LogP) is 2.77. The largest absolute Gasteiger partial charge is 0.324 e. The van der Waals surface area contributed by atoms with Gasteiger partial charge in [-0.15, -0.1) is 0 Å². The lowest BCUT2D eigenvalue weighted by molar-refractivity contribution is -0.136. The van der Waals surface area contributed by atoms with Crippen LogP contribution in [0.15, 0.2) is 29.4 Å². The van der Waals surface area contributed by atoms with E-state index in [9.17, 15) is 9.59 Å². The molecule has 0 aromatic heterocycles. The lowest BCUT2D eigenvalue weighted by atomic mass is 10.0. The van der Waals surface area contributed by atoms with E-state index in [-0.39, 0.29) is 11.8 Å². The smallest absolute Gasteiger partial charge is 0.261 e. The van der Waals surface area contributed by atoms with Gasteiger partial charge in [0.05, 0.1) is 16.4 Å². The number of halogens is 1. The normalized spacial score (nSPS) is 18.1. The molecule has 1 atom stereocenters. The van der Waals surface area contributed by atoms with Crippen molar-refractivity contribution < 1.29 is 9.59 Å². The summed E-state index contributed by atoms with van der Waals surface area (Å²) in [6, 6.07) is 6.91. The third-order valence-corrected chi connectivity index (χ3v) is 3.46. The molecule has 1 aliphatic heterocycles. The van der Waals surface area contributed by atoms with Gasteiger partial charge in [-0.25, -0.2) is 5.01 Å². The van der Waals surface area contributed by atoms with E-state index in [1.807, 2.05) is 13.8 Å². The highest BCUT2D eigenvalue weighted by Gasteiger charge is 2.39. The maximum atomic E-state index is 12.3. The molecular weight excluding hydrogens is 290 g/mol. The number of nitrogens with zero attached hydrogens (tertiary/aromatic N) is 2. The Morgan fingerprint density at radius 3 is 2.71 bits per heavy atom. The average molecular weight is 308 g/mol. The SMILES string of the molecule is CC1=NN(CC(C)C)C(=O)[C@@H]1C(=O)Nc1ccccc1Cl. The van der Waals surface area contributed by atoms with Crippen molar-refractivity contribution in [3.05, 3.63) is 29.3 Å². The molecule has 1 N–H and O–H groups in total. The Morgan fingerprint density at radius 2 is 2.10 bits per heavy atom. The quantitative estimate of drug-likeness (QED) is 0.869. The van der Waals surface area contributed by atoms with Crippen molar-refractivity contribution in [2.75, 3.05) is 11.9 Å². The fraction of sp³-hybridized carbons (Fsp3) is 0.400. The summed E-state index contributed by atoms with van der Waals surface area (Å²) in [7, 11) is 0. The van der Waals surface area contributed by atoms with E-state index < -0.39 is 11.8 Å². The topological polar surface area (TPSA) is 61.8 Å². The number of benzene rings is 1. The Kier molecular flexibility index (Phi) is 4.63. The molecule has 5 nitrogen and oxygen atoms in total. The molecule has 0 radical (unpaired) electrons. The highest BCUT2D eigenvalue weighted by atomic mass is 35.5. The third-order valence-electron chi connectivity index (χ3n) is 3.13. The maximum absolute atomic E-state index is 12.3. The fourth-order valence-electron chi connectivity index (χ4n) is 2.17. The maximum Gasteiger partial charge on any atom is 0.261 e. The fourth-order valence-corrected chi connectivity index (χ4v) is 2.35. The first-order valence-electron chi connectivity index (χ1n) is 6.82. The summed E-state index contributed by atoms with van der Waals surface area (Å²) in [6.45, 7) is 6.19. The second-order valence-electron chi connectivity index (χ2n) is 5.46. The molecule has 0 saturated heterocycles. The summed E-state index contributed by atoms with van der Waals surface area (Å²) in [5.74, 6) is -1.28. The molecule has 6 heteroatoms. The summed E-state index contributed by atoms with van der Waals surface area (Å²) < 4.78 is 0. The van der Waals surface area contributed by atoms with Crippen LogP contribution in [0, 0.1) is 11.8 Å². The Bertz CT molecular complexity index is 598. The van der Waals surface area contributed by atoms with Crippen LogP contribution in [0.3, 0.4) is 0 Å². The van der Waals surface area contributed by atoms with Crippen LogP contribution in [0.25, 0.3) is 0 Å². The Labute approximate surface area is 129 Å². The van der Waals surface area contributed by atoms with Crippen LogP contribution in [0.4, 0.5) is 5.69 Å². The summed E-state index contributed by atoms with van der Waals surface area (Å²) in [4.78, 5) is 24.6. The number of rotatable bonds is 4. The molecular formula is C15H18ClN3O2. The van der Waals surface area contributed by atoms with Crippen molar-refractivity contribution in [3.8, 4) is 0 Å². The van der Waals surface area contributed by atoms with Crippen LogP contribution in [0.1, 0.15) is 20.8 Å². The van der Waals surface area contributed by atoms with Gasteiger partial charge < -0.3 is 5.32 Å². The molecule has 112 valence electrons. The van der Waals surface area contributed by atoms with Crippen molar-refractivity contribution in [2.24, 2.45) is 16.9 Å². The zero-order valence-corrected chi connectivity index (χ0v) is 13.0. The van der Waals surface area contributed by atoms with Crippen molar-refractivity contribution in [3.63, 3.8) is 0 Å². The summed E-state index contributed by atoms with van der Waals surface area (Å²) >= 11 is 6.00. The number of carbonyl (C=O) groups is 2. The molecule has 0 fully saturated rings. The Balaban J connectivity index is 2.12. The van der Waals surface area contributed by atoms with E-state index in [0.29, 0.717) is 23.0 Å². The van der Waals surface area contributed by atoms with Crippen LogP contribution >= 0.6 is 11.6 Å². The van der Waals surface area contributed by atoms with Crippen LogP contribution in [0.5, 0.6) is 0 Å². The highest BCUT2D eigenvalue weighted by Crippen LogP contribution is 2.23. The van der Waals surface area contributed by atoms with Crippen LogP contribution in [0.2, 0.25) is 5.02 Å². The van der Waals surface area contributed by atoms with Gasteiger partial charge in [0, 0.05) is 6.54 Å². The lowest BCUT2D eigenvalue weighted by Crippen LogP contribution is -2.37. The van der Waals surface area contributed by atoms with Crippen molar-refractivity contribution in [1.82, 2.24) is 5.01 Å². The van der Waals surface area contributed by atoms with Gasteiger partial charge in [-0.2, -0.15) is 5.10 Å². The summed E-state index contributed by atoms with van der Waals surface area (Å²) in [5, 5.41) is 8.68. The standard InChI is InChI=1S/C15H18ClN3O2/c1-9(2)8-19-15(21)13(10(3)18-19)14(20)17-12-7-5-4-6-11(12)16/h4-7,9,13H,8H2,1-3H3,(H,17,20)/t13-/m0/s1. The van der Waals surface area contributed by atoms with Crippen LogP contribution in [-0.2, 0) is 9.59 Å². The molecule has 1 aromatic carbocycles. The minimum absolute atomic E-state index is 0.286. The van der Waals surface area contributed by atoms with Gasteiger partial charge in [0.25, 0.3) is 5.91 Å². The van der Waals surface area contributed by atoms with E-state index in [4.69, 9.17) is 11.6 Å². The summed E-state index contributed by atoms with van der Waals surface area (Å²) in [5.41, 5.74) is 0.997. The van der Waals surface area contributed by atoms with Gasteiger partial charge >= 0.3 is 0 Å². The monoisotopic (exact) mass is 307 g/mol. The minimum atomic E-state index is -0.875. The molecule has 0 spiro atoms. The number of hydrogen-bond donors (Lipinski definition) is 1. The van der Waals surface area contributed by atoms with E-state index >= 15 is 0 Å². The zero-order valence-electron chi connectivity index (χ0n) is 12.3. The lowest BCUT2D eigenvalue weighted by Gasteiger charge is -2.16. The molecule has 2 rings (SSSR count). The highest BCUT2D eigenvalue weighted by molar-refractivity contribution is 6.34. The average Bonchev–Trinajstić information content (AvgIpc) is 2.66. The molecule has 1 aliphatic rings. The Hall–Kier alpha value is -1.88. The molecule has 1 heterocycles. The number of carbonyl (C=O) groups excluding carboxylic acids is 2. The first kappa shape index (κ1) is 15.5. The molecule has 0 aliphatic carbocycles. The van der Waals surface area contributed by atoms with Gasteiger partial charge in [-0.05, 0) is 25.0 Å². The first-order valence-corrected chi connectivity index (χ1v) is 7.19. The minimum Gasteiger partial charge on any atom is -0.324 e. The first-order chi connectivity index (χ1) is 9.90. The number of nitrogens with one attached hydrogen (secondary N) is 1. The molecule has 0 bridgehead atoms. The van der Waals surface area contributed by atoms with Gasteiger partial charge in [0.1, 0.15) is 0 Å². The van der Waals surface area contributed by atoms with Crippen LogP contribution < -0.4 is 5.32 Å². The molecule has 0 saturated carbocycles. The zero-order chi connectivity index (χ0) is 15.6. The Morgan fingerprint density at radius 1 is 1.43 bits per heavy atom. The van der Waals surface area contributed by atoms with Gasteiger partial charge in [0.2, 0.25) is 5.91 Å². The third kappa shape index (κ3) is 3.42. The van der Waals surface area contributed by atoms with E-state index in [1.165, 1.54) is 5.01 Å². The second kappa shape index (κ2) is 6.26. The van der Waals surface area contributed by atoms with Gasteiger partial charge in [-0.3, -0.25) is 9.59 Å². The molecule has 0 unspecified atom stereocenters. The van der Waals surface area contributed by atoms with E-state index in [1.54, 1.807) is 31.2 Å². The van der Waals surface area contributed by atoms with Crippen LogP contribution in [-0.4, -0.2) is 29.1 Å². The number of anilines is 1. The van der Waals surface area contributed by atoms with E-state index in [2.05, 4.69) is 10.4 Å². The van der Waals surface area contributed by atoms with Crippen molar-refractivity contribution in [1.29, 1.82) is 0 Å². The number of hydrogen-bond acceptors (Lipinski definition) is 3. The molecule has 1 aromatic rings. The summed E-state index contributed by atoms with van der Waals surface area (Å²) in [6.07, 6.45) is 0. The van der Waals surface area contributed by atoms with Crippen molar-refractivity contribution >= 4 is 34.8 Å². The number of para-hydroxylation sites is 1. The predicted molar refractivity (Wildman–Crippen MR) is 83.2 cm³/mol.